The minimum atomic E-state index is -1.03. The number of rotatable bonds is 18. The van der Waals surface area contributed by atoms with Gasteiger partial charge < -0.3 is 4.74 Å². The maximum atomic E-state index is 13.2. The molecule has 0 aliphatic heterocycles. The van der Waals surface area contributed by atoms with Gasteiger partial charge >= 0.3 is 11.7 Å². The number of halogens is 1. The fourth-order valence-electron chi connectivity index (χ4n) is 3.22. The van der Waals surface area contributed by atoms with Gasteiger partial charge in [-0.15, -0.1) is 0 Å². The molecule has 32 heavy (non-hydrogen) atoms. The minimum absolute atomic E-state index is 0.159. The van der Waals surface area contributed by atoms with Crippen LogP contribution < -0.4 is 11.2 Å². The monoisotopic (exact) mass is 450 g/mol. The Kier molecular flexibility index (Phi) is 15.7. The smallest absolute Gasteiger partial charge is 0.328 e. The highest BCUT2D eigenvalue weighted by atomic mass is 19.1. The van der Waals surface area contributed by atoms with Crippen LogP contribution in [-0.2, 0) is 16.1 Å². The number of aromatic amines is 1. The lowest BCUT2D eigenvalue weighted by atomic mass is 10.1. The highest BCUT2D eigenvalue weighted by Gasteiger charge is 2.05. The van der Waals surface area contributed by atoms with E-state index in [1.807, 2.05) is 4.98 Å². The van der Waals surface area contributed by atoms with E-state index in [9.17, 15) is 18.8 Å². The number of carbonyl (C=O) groups is 1. The highest BCUT2D eigenvalue weighted by molar-refractivity contribution is 5.69. The van der Waals surface area contributed by atoms with Crippen LogP contribution in [0.5, 0.6) is 0 Å². The molecule has 0 aromatic carbocycles. The van der Waals surface area contributed by atoms with E-state index < -0.39 is 17.1 Å². The SMILES string of the molecule is CCCCCC=CCC=CCCCCCCCC(=O)OCCCn1cc(F)c(=O)[nH]c1=O. The van der Waals surface area contributed by atoms with E-state index in [0.717, 1.165) is 49.3 Å². The molecule has 0 aliphatic carbocycles. The van der Waals surface area contributed by atoms with Gasteiger partial charge in [0.15, 0.2) is 0 Å². The van der Waals surface area contributed by atoms with Crippen LogP contribution in [0.4, 0.5) is 4.39 Å². The van der Waals surface area contributed by atoms with Crippen molar-refractivity contribution >= 4 is 5.97 Å². The van der Waals surface area contributed by atoms with Gasteiger partial charge in [0, 0.05) is 13.0 Å². The first-order valence-electron chi connectivity index (χ1n) is 12.0. The predicted octanol–water partition coefficient (Wildman–Crippen LogP) is 5.42. The summed E-state index contributed by atoms with van der Waals surface area (Å²) in [4.78, 5) is 36.1. The summed E-state index contributed by atoms with van der Waals surface area (Å²) >= 11 is 0. The van der Waals surface area contributed by atoms with Gasteiger partial charge in [0.25, 0.3) is 5.56 Å². The van der Waals surface area contributed by atoms with Crippen molar-refractivity contribution < 1.29 is 13.9 Å². The van der Waals surface area contributed by atoms with Gasteiger partial charge in [0.2, 0.25) is 5.82 Å². The molecule has 1 N–H and O–H groups in total. The van der Waals surface area contributed by atoms with Crippen molar-refractivity contribution in [2.45, 2.75) is 96.9 Å². The van der Waals surface area contributed by atoms with E-state index in [2.05, 4.69) is 31.2 Å². The third-order valence-electron chi connectivity index (χ3n) is 5.11. The fraction of sp³-hybridized carbons (Fsp3) is 0.640. The molecule has 1 aromatic heterocycles. The van der Waals surface area contributed by atoms with Crippen LogP contribution in [0.3, 0.4) is 0 Å². The topological polar surface area (TPSA) is 81.2 Å². The fourth-order valence-corrected chi connectivity index (χ4v) is 3.22. The summed E-state index contributed by atoms with van der Waals surface area (Å²) in [5.74, 6) is -1.27. The van der Waals surface area contributed by atoms with Crippen molar-refractivity contribution in [3.8, 4) is 0 Å². The summed E-state index contributed by atoms with van der Waals surface area (Å²) in [5.41, 5.74) is -1.71. The largest absolute Gasteiger partial charge is 0.466 e. The van der Waals surface area contributed by atoms with Crippen LogP contribution in [-0.4, -0.2) is 22.1 Å². The van der Waals surface area contributed by atoms with Crippen LogP contribution in [0.2, 0.25) is 0 Å². The Hall–Kier alpha value is -2.44. The van der Waals surface area contributed by atoms with Crippen LogP contribution in [0, 0.1) is 5.82 Å². The Morgan fingerprint density at radius 3 is 2.34 bits per heavy atom. The van der Waals surface area contributed by atoms with Gasteiger partial charge in [0.05, 0.1) is 12.8 Å². The van der Waals surface area contributed by atoms with E-state index in [-0.39, 0.29) is 19.1 Å². The van der Waals surface area contributed by atoms with Gasteiger partial charge in [0.1, 0.15) is 0 Å². The van der Waals surface area contributed by atoms with Crippen molar-refractivity contribution in [1.29, 1.82) is 0 Å². The number of nitrogens with one attached hydrogen (secondary N) is 1. The van der Waals surface area contributed by atoms with Crippen molar-refractivity contribution in [2.75, 3.05) is 6.61 Å². The van der Waals surface area contributed by atoms with Crippen LogP contribution >= 0.6 is 0 Å². The summed E-state index contributed by atoms with van der Waals surface area (Å²) in [7, 11) is 0. The average Bonchev–Trinajstić information content (AvgIpc) is 2.77. The van der Waals surface area contributed by atoms with Crippen LogP contribution in [0.1, 0.15) is 90.4 Å². The molecule has 0 spiro atoms. The number of aromatic nitrogens is 2. The molecule has 0 saturated carbocycles. The first kappa shape index (κ1) is 27.6. The Morgan fingerprint density at radius 2 is 1.62 bits per heavy atom. The van der Waals surface area contributed by atoms with E-state index in [1.54, 1.807) is 0 Å². The van der Waals surface area contributed by atoms with E-state index in [4.69, 9.17) is 4.74 Å². The lowest BCUT2D eigenvalue weighted by Crippen LogP contribution is -2.31. The molecule has 1 heterocycles. The summed E-state index contributed by atoms with van der Waals surface area (Å²) in [6.45, 7) is 2.55. The molecular weight excluding hydrogens is 411 g/mol. The molecule has 7 heteroatoms. The number of hydrogen-bond acceptors (Lipinski definition) is 4. The molecule has 0 saturated heterocycles. The zero-order valence-corrected chi connectivity index (χ0v) is 19.5. The van der Waals surface area contributed by atoms with Crippen molar-refractivity contribution in [3.63, 3.8) is 0 Å². The van der Waals surface area contributed by atoms with Gasteiger partial charge in [-0.05, 0) is 44.9 Å². The lowest BCUT2D eigenvalue weighted by Gasteiger charge is -2.06. The molecule has 0 atom stereocenters. The Bertz CT molecular complexity index is 811. The molecule has 0 unspecified atom stereocenters. The number of H-pyrrole nitrogens is 1. The average molecular weight is 451 g/mol. The maximum Gasteiger partial charge on any atom is 0.328 e. The molecule has 6 nitrogen and oxygen atoms in total. The lowest BCUT2D eigenvalue weighted by molar-refractivity contribution is -0.143. The second-order valence-corrected chi connectivity index (χ2v) is 7.98. The summed E-state index contributed by atoms with van der Waals surface area (Å²) in [5, 5.41) is 0. The zero-order valence-electron chi connectivity index (χ0n) is 19.5. The molecule has 1 aromatic rings. The van der Waals surface area contributed by atoms with Crippen molar-refractivity contribution in [2.24, 2.45) is 0 Å². The molecule has 1 rings (SSSR count). The standard InChI is InChI=1S/C25H39FN2O4/c1-2-3-4-5-6-7-8-9-10-11-12-13-14-15-16-18-23(29)32-20-17-19-28-21-22(26)24(30)27-25(28)31/h6-7,9-10,21H,2-5,8,11-20H2,1H3,(H,27,30,31). The molecule has 0 amide bonds. The molecule has 0 bridgehead atoms. The normalized spacial score (nSPS) is 11.6. The van der Waals surface area contributed by atoms with Crippen molar-refractivity contribution in [3.05, 3.63) is 57.2 Å². The maximum absolute atomic E-state index is 13.2. The number of esters is 1. The molecule has 180 valence electrons. The molecule has 0 radical (unpaired) electrons. The molecular formula is C25H39FN2O4. The second kappa shape index (κ2) is 18.2. The second-order valence-electron chi connectivity index (χ2n) is 7.98. The number of allylic oxidation sites excluding steroid dienone is 4. The van der Waals surface area contributed by atoms with E-state index >= 15 is 0 Å². The number of nitrogens with zero attached hydrogens (tertiary/aromatic N) is 1. The number of unbranched alkanes of at least 4 members (excludes halogenated alkanes) is 8. The summed E-state index contributed by atoms with van der Waals surface area (Å²) in [6.07, 6.45) is 23.1. The van der Waals surface area contributed by atoms with E-state index in [0.29, 0.717) is 12.8 Å². The summed E-state index contributed by atoms with van der Waals surface area (Å²) < 4.78 is 19.4. The van der Waals surface area contributed by atoms with Gasteiger partial charge in [-0.2, -0.15) is 4.39 Å². The molecule has 0 fully saturated rings. The highest BCUT2D eigenvalue weighted by Crippen LogP contribution is 2.09. The number of aryl methyl sites for hydroxylation is 1. The quantitative estimate of drug-likeness (QED) is 0.184. The van der Waals surface area contributed by atoms with Crippen LogP contribution in [0.25, 0.3) is 0 Å². The molecule has 0 aliphatic rings. The first-order valence-corrected chi connectivity index (χ1v) is 12.0. The third-order valence-corrected chi connectivity index (χ3v) is 5.11. The summed E-state index contributed by atoms with van der Waals surface area (Å²) in [6, 6.07) is 0. The van der Waals surface area contributed by atoms with Gasteiger partial charge in [-0.25, -0.2) is 4.79 Å². The van der Waals surface area contributed by atoms with Gasteiger partial charge in [-0.1, -0.05) is 63.3 Å². The third kappa shape index (κ3) is 13.8. The number of hydrogen-bond donors (Lipinski definition) is 1. The number of carbonyl (C=O) groups excluding carboxylic acids is 1. The zero-order chi connectivity index (χ0) is 23.4. The number of ether oxygens (including phenoxy) is 1. The Balaban J connectivity index is 1.94. The van der Waals surface area contributed by atoms with Gasteiger partial charge in [-0.3, -0.25) is 19.1 Å². The first-order chi connectivity index (χ1) is 15.5. The van der Waals surface area contributed by atoms with Crippen LogP contribution in [0.15, 0.2) is 40.1 Å². The van der Waals surface area contributed by atoms with Crippen molar-refractivity contribution in [1.82, 2.24) is 9.55 Å². The predicted molar refractivity (Wildman–Crippen MR) is 126 cm³/mol. The minimum Gasteiger partial charge on any atom is -0.466 e. The van der Waals surface area contributed by atoms with E-state index in [1.165, 1.54) is 32.1 Å². The Labute approximate surface area is 190 Å². The Morgan fingerprint density at radius 1 is 0.969 bits per heavy atom.